The number of phenols is 1. The van der Waals surface area contributed by atoms with Gasteiger partial charge in [-0.05, 0) is 102 Å². The minimum absolute atomic E-state index is 0.0341. The van der Waals surface area contributed by atoms with E-state index in [-0.39, 0.29) is 24.1 Å². The van der Waals surface area contributed by atoms with Gasteiger partial charge in [-0.3, -0.25) is 14.5 Å². The molecule has 5 aromatic carbocycles. The van der Waals surface area contributed by atoms with Crippen LogP contribution in [0.4, 0.5) is 0 Å². The Labute approximate surface area is 272 Å². The van der Waals surface area contributed by atoms with Gasteiger partial charge in [0, 0.05) is 5.56 Å². The van der Waals surface area contributed by atoms with E-state index in [2.05, 4.69) is 58.7 Å². The second-order valence-corrected chi connectivity index (χ2v) is 12.3. The number of benzene rings is 5. The van der Waals surface area contributed by atoms with E-state index in [1.54, 1.807) is 47.5 Å². The molecule has 0 radical (unpaired) electrons. The lowest BCUT2D eigenvalue weighted by atomic mass is 9.80. The van der Waals surface area contributed by atoms with Crippen molar-refractivity contribution in [1.29, 1.82) is 0 Å². The molecule has 2 heterocycles. The number of carbonyl (C=O) groups excluding carboxylic acids is 2. The number of fused-ring (bicyclic) bond motifs is 7. The fourth-order valence-electron chi connectivity index (χ4n) is 7.03. The summed E-state index contributed by atoms with van der Waals surface area (Å²) in [6.07, 6.45) is 9.42. The van der Waals surface area contributed by atoms with Crippen molar-refractivity contribution in [3.8, 4) is 22.6 Å². The number of amides is 2. The molecule has 7 heteroatoms. The van der Waals surface area contributed by atoms with Crippen molar-refractivity contribution in [2.24, 2.45) is 0 Å². The monoisotopic (exact) mass is 616 g/mol. The number of hydrogen-bond acceptors (Lipinski definition) is 5. The minimum atomic E-state index is -0.365. The molecule has 1 N–H and O–H groups in total. The number of aromatic hydroxyl groups is 1. The van der Waals surface area contributed by atoms with Gasteiger partial charge in [-0.15, -0.1) is 15.0 Å². The third kappa shape index (κ3) is 5.00. The predicted octanol–water partition coefficient (Wildman–Crippen LogP) is 7.64. The van der Waals surface area contributed by atoms with Gasteiger partial charge in [0.2, 0.25) is 0 Å². The Hall–Kier alpha value is -5.82. The molecule has 2 amide bonds. The average molecular weight is 617 g/mol. The molecule has 3 aliphatic rings. The molecule has 0 saturated carbocycles. The Morgan fingerprint density at radius 2 is 1.36 bits per heavy atom. The van der Waals surface area contributed by atoms with E-state index < -0.39 is 0 Å². The molecule has 7 nitrogen and oxygen atoms in total. The van der Waals surface area contributed by atoms with Crippen LogP contribution in [0.15, 0.2) is 103 Å². The maximum atomic E-state index is 12.7. The van der Waals surface area contributed by atoms with Crippen molar-refractivity contribution in [1.82, 2.24) is 19.9 Å². The summed E-state index contributed by atoms with van der Waals surface area (Å²) in [5.41, 5.74) is 13.0. The number of allylic oxidation sites excluding steroid dienone is 1. The first-order valence-corrected chi connectivity index (χ1v) is 16.0. The molecule has 0 saturated heterocycles. The van der Waals surface area contributed by atoms with Crippen LogP contribution in [0.25, 0.3) is 33.9 Å². The molecular weight excluding hydrogens is 584 g/mol. The molecule has 2 aliphatic carbocycles. The molecule has 0 bridgehead atoms. The van der Waals surface area contributed by atoms with E-state index in [4.69, 9.17) is 0 Å². The summed E-state index contributed by atoms with van der Waals surface area (Å²) in [6, 6.07) is 31.1. The van der Waals surface area contributed by atoms with Crippen LogP contribution in [0.1, 0.15) is 60.5 Å². The van der Waals surface area contributed by atoms with Crippen molar-refractivity contribution in [2.45, 2.75) is 39.2 Å². The highest BCUT2D eigenvalue weighted by Gasteiger charge is 2.35. The summed E-state index contributed by atoms with van der Waals surface area (Å²) < 4.78 is 0. The summed E-state index contributed by atoms with van der Waals surface area (Å²) in [7, 11) is 0. The number of nitrogens with zero attached hydrogens (tertiary/aromatic N) is 4. The molecule has 0 fully saturated rings. The van der Waals surface area contributed by atoms with Crippen LogP contribution in [-0.4, -0.2) is 36.8 Å². The van der Waals surface area contributed by atoms with E-state index in [0.717, 1.165) is 10.5 Å². The zero-order valence-corrected chi connectivity index (χ0v) is 26.0. The standard InChI is InChI=1S/C22H16N4O3.C18H16/c1-13-10-14(12-25-21(28)15-6-2-3-7-16(15)22(25)29)20(27)19(11-13)26-23-17-8-4-5-9-18(17)24-26;1-3-7-15-13(5-1)9-11-18-16-8-4-2-6-14(16)10-12-17(15)18/h2-11,27H,12H2,1H3;1-3,5-7,10,12H,4,8-9,11H2. The molecule has 0 atom stereocenters. The van der Waals surface area contributed by atoms with Gasteiger partial charge < -0.3 is 5.11 Å². The van der Waals surface area contributed by atoms with Gasteiger partial charge in [0.05, 0.1) is 17.7 Å². The molecule has 0 unspecified atom stereocenters. The SMILES string of the molecule is C1=Cc2ccc3c(c2CC1)CCc1ccccc1-3.Cc1cc(CN2C(=O)c3ccccc3C2=O)c(O)c(-n2nc3ccccc3n2)c1. The van der Waals surface area contributed by atoms with Crippen LogP contribution in [0.5, 0.6) is 5.75 Å². The van der Waals surface area contributed by atoms with E-state index in [1.807, 2.05) is 31.2 Å². The normalized spacial score (nSPS) is 14.3. The molecule has 47 heavy (non-hydrogen) atoms. The Bertz CT molecular complexity index is 2200. The molecular formula is C40H32N4O3. The number of aryl methyl sites for hydroxylation is 2. The molecule has 230 valence electrons. The largest absolute Gasteiger partial charge is 0.505 e. The Kier molecular flexibility index (Phi) is 7.02. The predicted molar refractivity (Wildman–Crippen MR) is 183 cm³/mol. The minimum Gasteiger partial charge on any atom is -0.505 e. The van der Waals surface area contributed by atoms with E-state index >= 15 is 0 Å². The lowest BCUT2D eigenvalue weighted by Crippen LogP contribution is -2.29. The van der Waals surface area contributed by atoms with Crippen molar-refractivity contribution < 1.29 is 14.7 Å². The maximum absolute atomic E-state index is 12.7. The fraction of sp³-hybridized carbons (Fsp3) is 0.150. The number of phenolic OH excluding ortho intramolecular Hbond substituents is 1. The second kappa shape index (κ2) is 11.5. The average Bonchev–Trinajstić information content (AvgIpc) is 3.65. The molecule has 0 spiro atoms. The third-order valence-corrected chi connectivity index (χ3v) is 9.30. The summed E-state index contributed by atoms with van der Waals surface area (Å²) in [5, 5.41) is 19.7. The highest BCUT2D eigenvalue weighted by molar-refractivity contribution is 6.21. The van der Waals surface area contributed by atoms with Gasteiger partial charge in [-0.25, -0.2) is 0 Å². The van der Waals surface area contributed by atoms with Crippen LogP contribution in [0.2, 0.25) is 0 Å². The number of aromatic nitrogens is 3. The Morgan fingerprint density at radius 3 is 2.09 bits per heavy atom. The van der Waals surface area contributed by atoms with Gasteiger partial charge in [-0.1, -0.05) is 78.9 Å². The zero-order chi connectivity index (χ0) is 32.1. The summed E-state index contributed by atoms with van der Waals surface area (Å²) in [6.45, 7) is 1.84. The zero-order valence-electron chi connectivity index (χ0n) is 26.0. The van der Waals surface area contributed by atoms with E-state index in [1.165, 1.54) is 52.7 Å². The Balaban J connectivity index is 0.000000153. The van der Waals surface area contributed by atoms with Gasteiger partial charge in [-0.2, -0.15) is 0 Å². The van der Waals surface area contributed by atoms with Crippen LogP contribution in [0, 0.1) is 6.92 Å². The van der Waals surface area contributed by atoms with Crippen molar-refractivity contribution >= 4 is 28.9 Å². The maximum Gasteiger partial charge on any atom is 0.261 e. The number of carbonyl (C=O) groups is 2. The van der Waals surface area contributed by atoms with Crippen LogP contribution >= 0.6 is 0 Å². The van der Waals surface area contributed by atoms with Crippen LogP contribution in [0.3, 0.4) is 0 Å². The van der Waals surface area contributed by atoms with Crippen LogP contribution in [-0.2, 0) is 25.8 Å². The summed E-state index contributed by atoms with van der Waals surface area (Å²) >= 11 is 0. The lowest BCUT2D eigenvalue weighted by Gasteiger charge is -2.25. The highest BCUT2D eigenvalue weighted by Crippen LogP contribution is 2.38. The molecule has 6 aromatic rings. The fourth-order valence-corrected chi connectivity index (χ4v) is 7.03. The van der Waals surface area contributed by atoms with Gasteiger partial charge in [0.25, 0.3) is 11.8 Å². The number of hydrogen-bond donors (Lipinski definition) is 1. The molecule has 9 rings (SSSR count). The van der Waals surface area contributed by atoms with Gasteiger partial charge in [0.15, 0.2) is 0 Å². The smallest absolute Gasteiger partial charge is 0.261 e. The van der Waals surface area contributed by atoms with Gasteiger partial charge >= 0.3 is 0 Å². The van der Waals surface area contributed by atoms with Crippen molar-refractivity contribution in [2.75, 3.05) is 0 Å². The molecule has 1 aromatic heterocycles. The van der Waals surface area contributed by atoms with E-state index in [0.29, 0.717) is 33.4 Å². The number of imide groups is 1. The first-order chi connectivity index (χ1) is 23.0. The summed E-state index contributed by atoms with van der Waals surface area (Å²) in [4.78, 5) is 27.9. The van der Waals surface area contributed by atoms with Crippen LogP contribution < -0.4 is 0 Å². The quantitative estimate of drug-likeness (QED) is 0.207. The third-order valence-electron chi connectivity index (χ3n) is 9.30. The Morgan fingerprint density at radius 1 is 0.702 bits per heavy atom. The lowest BCUT2D eigenvalue weighted by molar-refractivity contribution is 0.0641. The van der Waals surface area contributed by atoms with Crippen molar-refractivity contribution in [3.63, 3.8) is 0 Å². The number of rotatable bonds is 3. The first kappa shape index (κ1) is 28.6. The highest BCUT2D eigenvalue weighted by atomic mass is 16.3. The first-order valence-electron chi connectivity index (χ1n) is 16.0. The second-order valence-electron chi connectivity index (χ2n) is 12.3. The van der Waals surface area contributed by atoms with Gasteiger partial charge in [0.1, 0.15) is 22.5 Å². The van der Waals surface area contributed by atoms with E-state index in [9.17, 15) is 14.7 Å². The topological polar surface area (TPSA) is 88.3 Å². The summed E-state index contributed by atoms with van der Waals surface area (Å²) in [5.74, 6) is -0.792. The molecule has 1 aliphatic heterocycles. The van der Waals surface area contributed by atoms with Crippen molar-refractivity contribution in [3.05, 3.63) is 148 Å².